The Hall–Kier alpha value is -1.58. The Morgan fingerprint density at radius 2 is 2.13 bits per heavy atom. The highest BCUT2D eigenvalue weighted by Gasteiger charge is 2.08. The number of nitro benzene ring substituents is 1. The molecular weight excluding hydrogens is 192 g/mol. The third-order valence-corrected chi connectivity index (χ3v) is 2.30. The van der Waals surface area contributed by atoms with E-state index in [-0.39, 0.29) is 10.6 Å². The van der Waals surface area contributed by atoms with Crippen LogP contribution in [0.15, 0.2) is 18.2 Å². The Bertz CT molecular complexity index is 364. The van der Waals surface area contributed by atoms with Crippen molar-refractivity contribution in [1.29, 1.82) is 0 Å². The molecule has 0 amide bonds. The largest absolute Gasteiger partial charge is 0.382 e. The van der Waals surface area contributed by atoms with Crippen LogP contribution in [0, 0.1) is 17.0 Å². The lowest BCUT2D eigenvalue weighted by molar-refractivity contribution is -0.384. The van der Waals surface area contributed by atoms with Crippen LogP contribution in [0.1, 0.15) is 25.8 Å². The number of nitrogens with one attached hydrogen (secondary N) is 1. The van der Waals surface area contributed by atoms with Crippen molar-refractivity contribution >= 4 is 11.4 Å². The van der Waals surface area contributed by atoms with Crippen molar-refractivity contribution in [2.24, 2.45) is 0 Å². The van der Waals surface area contributed by atoms with Gasteiger partial charge in [-0.15, -0.1) is 0 Å². The van der Waals surface area contributed by atoms with Crippen LogP contribution in [0.2, 0.25) is 0 Å². The summed E-state index contributed by atoms with van der Waals surface area (Å²) in [7, 11) is 0. The third-order valence-electron chi connectivity index (χ3n) is 2.30. The molecule has 0 fully saturated rings. The van der Waals surface area contributed by atoms with Gasteiger partial charge in [0.2, 0.25) is 0 Å². The van der Waals surface area contributed by atoms with E-state index in [0.29, 0.717) is 6.04 Å². The number of anilines is 1. The van der Waals surface area contributed by atoms with Gasteiger partial charge < -0.3 is 5.32 Å². The van der Waals surface area contributed by atoms with Gasteiger partial charge >= 0.3 is 0 Å². The molecule has 1 aromatic carbocycles. The first-order valence-corrected chi connectivity index (χ1v) is 5.05. The predicted octanol–water partition coefficient (Wildman–Crippen LogP) is 3.11. The molecule has 82 valence electrons. The SMILES string of the molecule is CCC(C)Nc1cc(C)cc([N+](=O)[O-])c1. The van der Waals surface area contributed by atoms with Gasteiger partial charge in [0.15, 0.2) is 0 Å². The summed E-state index contributed by atoms with van der Waals surface area (Å²) in [6, 6.07) is 5.38. The first-order valence-electron chi connectivity index (χ1n) is 5.05. The zero-order valence-corrected chi connectivity index (χ0v) is 9.28. The van der Waals surface area contributed by atoms with Crippen LogP contribution >= 0.6 is 0 Å². The smallest absolute Gasteiger partial charge is 0.271 e. The van der Waals surface area contributed by atoms with Crippen LogP contribution in [0.3, 0.4) is 0 Å². The highest BCUT2D eigenvalue weighted by molar-refractivity contribution is 5.54. The zero-order chi connectivity index (χ0) is 11.4. The second-order valence-corrected chi connectivity index (χ2v) is 3.77. The van der Waals surface area contributed by atoms with Crippen LogP contribution in [0.25, 0.3) is 0 Å². The van der Waals surface area contributed by atoms with E-state index in [4.69, 9.17) is 0 Å². The molecule has 0 bridgehead atoms. The molecule has 0 aromatic heterocycles. The van der Waals surface area contributed by atoms with Crippen LogP contribution in [0.5, 0.6) is 0 Å². The standard InChI is InChI=1S/C11H16N2O2/c1-4-9(3)12-10-5-8(2)6-11(7-10)13(14)15/h5-7,9,12H,4H2,1-3H3. The van der Waals surface area contributed by atoms with Crippen LogP contribution < -0.4 is 5.32 Å². The summed E-state index contributed by atoms with van der Waals surface area (Å²) in [5.74, 6) is 0. The number of hydrogen-bond acceptors (Lipinski definition) is 3. The summed E-state index contributed by atoms with van der Waals surface area (Å²) in [5.41, 5.74) is 1.85. The number of aryl methyl sites for hydroxylation is 1. The van der Waals surface area contributed by atoms with Gasteiger partial charge in [-0.2, -0.15) is 0 Å². The van der Waals surface area contributed by atoms with E-state index in [2.05, 4.69) is 12.2 Å². The van der Waals surface area contributed by atoms with E-state index >= 15 is 0 Å². The maximum Gasteiger partial charge on any atom is 0.271 e. The average Bonchev–Trinajstić information content (AvgIpc) is 2.16. The molecule has 0 aliphatic rings. The van der Waals surface area contributed by atoms with Gasteiger partial charge in [0, 0.05) is 23.9 Å². The molecule has 0 aliphatic heterocycles. The molecule has 0 aliphatic carbocycles. The van der Waals surface area contributed by atoms with E-state index in [1.54, 1.807) is 12.1 Å². The number of non-ortho nitro benzene ring substituents is 1. The molecule has 1 rings (SSSR count). The average molecular weight is 208 g/mol. The molecule has 0 radical (unpaired) electrons. The van der Waals surface area contributed by atoms with Gasteiger partial charge in [0.05, 0.1) is 4.92 Å². The molecule has 1 aromatic rings. The fraction of sp³-hybridized carbons (Fsp3) is 0.455. The van der Waals surface area contributed by atoms with Crippen molar-refractivity contribution in [1.82, 2.24) is 0 Å². The Morgan fingerprint density at radius 1 is 1.47 bits per heavy atom. The lowest BCUT2D eigenvalue weighted by Crippen LogP contribution is -2.13. The molecular formula is C11H16N2O2. The van der Waals surface area contributed by atoms with E-state index in [1.165, 1.54) is 0 Å². The van der Waals surface area contributed by atoms with E-state index < -0.39 is 0 Å². The number of nitrogens with zero attached hydrogens (tertiary/aromatic N) is 1. The molecule has 1 atom stereocenters. The quantitative estimate of drug-likeness (QED) is 0.611. The minimum atomic E-state index is -0.366. The number of nitro groups is 1. The summed E-state index contributed by atoms with van der Waals surface area (Å²) in [5, 5.41) is 13.9. The molecule has 4 heteroatoms. The van der Waals surface area contributed by atoms with E-state index in [0.717, 1.165) is 17.7 Å². The lowest BCUT2D eigenvalue weighted by atomic mass is 10.1. The topological polar surface area (TPSA) is 55.2 Å². The summed E-state index contributed by atoms with van der Waals surface area (Å²) in [6.07, 6.45) is 0.988. The minimum absolute atomic E-state index is 0.140. The molecule has 0 saturated carbocycles. The Kier molecular flexibility index (Phi) is 3.66. The van der Waals surface area contributed by atoms with Crippen LogP contribution in [-0.4, -0.2) is 11.0 Å². The van der Waals surface area contributed by atoms with Gasteiger partial charge in [-0.05, 0) is 31.9 Å². The van der Waals surface area contributed by atoms with Crippen molar-refractivity contribution in [3.63, 3.8) is 0 Å². The summed E-state index contributed by atoms with van der Waals surface area (Å²) < 4.78 is 0. The van der Waals surface area contributed by atoms with Gasteiger partial charge in [-0.3, -0.25) is 10.1 Å². The second-order valence-electron chi connectivity index (χ2n) is 3.77. The lowest BCUT2D eigenvalue weighted by Gasteiger charge is -2.13. The number of rotatable bonds is 4. The van der Waals surface area contributed by atoms with Gasteiger partial charge in [0.1, 0.15) is 0 Å². The second kappa shape index (κ2) is 4.77. The van der Waals surface area contributed by atoms with Gasteiger partial charge in [-0.1, -0.05) is 6.92 Å². The molecule has 0 saturated heterocycles. The van der Waals surface area contributed by atoms with Crippen molar-refractivity contribution in [3.8, 4) is 0 Å². The molecule has 1 N–H and O–H groups in total. The fourth-order valence-electron chi connectivity index (χ4n) is 1.34. The minimum Gasteiger partial charge on any atom is -0.382 e. The normalized spacial score (nSPS) is 12.2. The Labute approximate surface area is 89.5 Å². The highest BCUT2D eigenvalue weighted by atomic mass is 16.6. The zero-order valence-electron chi connectivity index (χ0n) is 9.28. The molecule has 0 heterocycles. The molecule has 15 heavy (non-hydrogen) atoms. The number of benzene rings is 1. The van der Waals surface area contributed by atoms with Crippen LogP contribution in [-0.2, 0) is 0 Å². The maximum absolute atomic E-state index is 10.6. The van der Waals surface area contributed by atoms with Crippen LogP contribution in [0.4, 0.5) is 11.4 Å². The summed E-state index contributed by atoms with van der Waals surface area (Å²) in [6.45, 7) is 5.98. The fourth-order valence-corrected chi connectivity index (χ4v) is 1.34. The summed E-state index contributed by atoms with van der Waals surface area (Å²) >= 11 is 0. The molecule has 4 nitrogen and oxygen atoms in total. The first-order chi connectivity index (χ1) is 7.02. The van der Waals surface area contributed by atoms with E-state index in [1.807, 2.05) is 19.9 Å². The monoisotopic (exact) mass is 208 g/mol. The van der Waals surface area contributed by atoms with Gasteiger partial charge in [-0.25, -0.2) is 0 Å². The Morgan fingerprint density at radius 3 is 2.67 bits per heavy atom. The van der Waals surface area contributed by atoms with E-state index in [9.17, 15) is 10.1 Å². The first kappa shape index (κ1) is 11.5. The third kappa shape index (κ3) is 3.23. The van der Waals surface area contributed by atoms with Crippen molar-refractivity contribution in [2.45, 2.75) is 33.2 Å². The predicted molar refractivity (Wildman–Crippen MR) is 61.2 cm³/mol. The van der Waals surface area contributed by atoms with Crippen molar-refractivity contribution in [2.75, 3.05) is 5.32 Å². The van der Waals surface area contributed by atoms with Crippen molar-refractivity contribution in [3.05, 3.63) is 33.9 Å². The molecule has 1 unspecified atom stereocenters. The summed E-state index contributed by atoms with van der Waals surface area (Å²) in [4.78, 5) is 10.3. The molecule has 0 spiro atoms. The van der Waals surface area contributed by atoms with Crippen molar-refractivity contribution < 1.29 is 4.92 Å². The van der Waals surface area contributed by atoms with Gasteiger partial charge in [0.25, 0.3) is 5.69 Å². The Balaban J connectivity index is 2.93. The number of hydrogen-bond donors (Lipinski definition) is 1. The highest BCUT2D eigenvalue weighted by Crippen LogP contribution is 2.21. The maximum atomic E-state index is 10.6.